The predicted molar refractivity (Wildman–Crippen MR) is 81.1 cm³/mol. The highest BCUT2D eigenvalue weighted by atomic mass is 32.1. The minimum atomic E-state index is 0.173. The van der Waals surface area contributed by atoms with E-state index in [9.17, 15) is 4.79 Å². The van der Waals surface area contributed by atoms with Gasteiger partial charge in [-0.05, 0) is 44.4 Å². The molecule has 0 unspecified atom stereocenters. The monoisotopic (exact) mass is 280 g/mol. The highest BCUT2D eigenvalue weighted by Crippen LogP contribution is 2.29. The van der Waals surface area contributed by atoms with Gasteiger partial charge in [-0.15, -0.1) is 11.3 Å². The van der Waals surface area contributed by atoms with Gasteiger partial charge in [0.1, 0.15) is 0 Å². The quantitative estimate of drug-likeness (QED) is 0.919. The number of rotatable bonds is 4. The number of amides is 1. The van der Waals surface area contributed by atoms with Crippen LogP contribution in [0.2, 0.25) is 0 Å². The normalized spacial score (nSPS) is 15.5. The zero-order valence-electron chi connectivity index (χ0n) is 12.0. The fourth-order valence-corrected chi connectivity index (χ4v) is 3.77. The van der Waals surface area contributed by atoms with Gasteiger partial charge < -0.3 is 10.2 Å². The van der Waals surface area contributed by atoms with Gasteiger partial charge in [0.2, 0.25) is 0 Å². The molecule has 3 nitrogen and oxygen atoms in total. The van der Waals surface area contributed by atoms with Crippen LogP contribution in [0.3, 0.4) is 0 Å². The molecule has 1 aromatic heterocycles. The summed E-state index contributed by atoms with van der Waals surface area (Å²) in [5.41, 5.74) is 1.43. The molecule has 1 aromatic rings. The summed E-state index contributed by atoms with van der Waals surface area (Å²) in [4.78, 5) is 16.5. The summed E-state index contributed by atoms with van der Waals surface area (Å²) in [6.07, 6.45) is 7.53. The lowest BCUT2D eigenvalue weighted by atomic mass is 10.00. The maximum Gasteiger partial charge on any atom is 0.263 e. The second kappa shape index (κ2) is 7.06. The van der Waals surface area contributed by atoms with Gasteiger partial charge in [-0.3, -0.25) is 4.79 Å². The highest BCUT2D eigenvalue weighted by molar-refractivity contribution is 7.14. The molecule has 19 heavy (non-hydrogen) atoms. The molecule has 1 aliphatic rings. The van der Waals surface area contributed by atoms with Crippen LogP contribution in [-0.2, 0) is 12.8 Å². The van der Waals surface area contributed by atoms with Crippen molar-refractivity contribution in [2.75, 3.05) is 27.2 Å². The van der Waals surface area contributed by atoms with Gasteiger partial charge in [-0.1, -0.05) is 12.8 Å². The fraction of sp³-hybridized carbons (Fsp3) is 0.667. The SMILES string of the molecule is CNCCN(C)C(=O)c1cc2c(s1)CCCCCC2. The number of carbonyl (C=O) groups is 1. The van der Waals surface area contributed by atoms with Crippen LogP contribution in [0.15, 0.2) is 6.07 Å². The Labute approximate surface area is 120 Å². The zero-order valence-corrected chi connectivity index (χ0v) is 12.8. The Bertz CT molecular complexity index is 402. The van der Waals surface area contributed by atoms with Crippen molar-refractivity contribution in [2.45, 2.75) is 38.5 Å². The number of hydrogen-bond donors (Lipinski definition) is 1. The van der Waals surface area contributed by atoms with Crippen molar-refractivity contribution in [1.82, 2.24) is 10.2 Å². The van der Waals surface area contributed by atoms with E-state index in [4.69, 9.17) is 0 Å². The third-order valence-corrected chi connectivity index (χ3v) is 4.98. The van der Waals surface area contributed by atoms with Crippen LogP contribution in [0.4, 0.5) is 0 Å². The third-order valence-electron chi connectivity index (χ3n) is 3.75. The van der Waals surface area contributed by atoms with Gasteiger partial charge in [0.05, 0.1) is 4.88 Å². The average molecular weight is 280 g/mol. The number of aryl methyl sites for hydroxylation is 2. The van der Waals surface area contributed by atoms with E-state index in [1.54, 1.807) is 11.3 Å². The Morgan fingerprint density at radius 1 is 1.32 bits per heavy atom. The van der Waals surface area contributed by atoms with Crippen molar-refractivity contribution < 1.29 is 4.79 Å². The number of fused-ring (bicyclic) bond motifs is 1. The van der Waals surface area contributed by atoms with Gasteiger partial charge in [0.15, 0.2) is 0 Å². The summed E-state index contributed by atoms with van der Waals surface area (Å²) in [7, 11) is 3.80. The van der Waals surface area contributed by atoms with E-state index in [1.165, 1.54) is 36.1 Å². The number of nitrogens with zero attached hydrogens (tertiary/aromatic N) is 1. The van der Waals surface area contributed by atoms with Gasteiger partial charge in [0, 0.05) is 25.0 Å². The maximum absolute atomic E-state index is 12.3. The minimum Gasteiger partial charge on any atom is -0.340 e. The molecule has 0 spiro atoms. The van der Waals surface area contributed by atoms with E-state index < -0.39 is 0 Å². The number of thiophene rings is 1. The van der Waals surface area contributed by atoms with Crippen LogP contribution in [0.5, 0.6) is 0 Å². The molecule has 0 aliphatic heterocycles. The zero-order chi connectivity index (χ0) is 13.7. The molecule has 0 atom stereocenters. The third kappa shape index (κ3) is 3.80. The number of hydrogen-bond acceptors (Lipinski definition) is 3. The first-order valence-electron chi connectivity index (χ1n) is 7.24. The van der Waals surface area contributed by atoms with Crippen LogP contribution in [0.25, 0.3) is 0 Å². The Morgan fingerprint density at radius 3 is 2.79 bits per heavy atom. The van der Waals surface area contributed by atoms with E-state index in [2.05, 4.69) is 11.4 Å². The Morgan fingerprint density at radius 2 is 2.05 bits per heavy atom. The van der Waals surface area contributed by atoms with E-state index in [1.807, 2.05) is 19.0 Å². The molecule has 4 heteroatoms. The van der Waals surface area contributed by atoms with Crippen molar-refractivity contribution >= 4 is 17.2 Å². The first kappa shape index (κ1) is 14.5. The molecule has 0 aromatic carbocycles. The summed E-state index contributed by atoms with van der Waals surface area (Å²) in [6, 6.07) is 2.14. The van der Waals surface area contributed by atoms with Crippen LogP contribution >= 0.6 is 11.3 Å². The Balaban J connectivity index is 2.07. The molecule has 1 aliphatic carbocycles. The summed E-state index contributed by atoms with van der Waals surface area (Å²) >= 11 is 1.72. The summed E-state index contributed by atoms with van der Waals surface area (Å²) < 4.78 is 0. The largest absolute Gasteiger partial charge is 0.340 e. The van der Waals surface area contributed by atoms with Crippen molar-refractivity contribution in [3.63, 3.8) is 0 Å². The van der Waals surface area contributed by atoms with Gasteiger partial charge in [-0.25, -0.2) is 0 Å². The molecule has 0 saturated carbocycles. The molecule has 0 radical (unpaired) electrons. The first-order chi connectivity index (χ1) is 9.22. The van der Waals surface area contributed by atoms with Crippen LogP contribution in [-0.4, -0.2) is 38.0 Å². The Hall–Kier alpha value is -0.870. The number of carbonyl (C=O) groups excluding carboxylic acids is 1. The van der Waals surface area contributed by atoms with Gasteiger partial charge in [0.25, 0.3) is 5.91 Å². The van der Waals surface area contributed by atoms with Crippen molar-refractivity contribution in [1.29, 1.82) is 0 Å². The van der Waals surface area contributed by atoms with E-state index in [0.717, 1.165) is 30.8 Å². The van der Waals surface area contributed by atoms with Crippen molar-refractivity contribution in [3.05, 3.63) is 21.4 Å². The minimum absolute atomic E-state index is 0.173. The van der Waals surface area contributed by atoms with Crippen LogP contribution in [0, 0.1) is 0 Å². The highest BCUT2D eigenvalue weighted by Gasteiger charge is 2.18. The molecule has 1 heterocycles. The molecule has 0 bridgehead atoms. The van der Waals surface area contributed by atoms with Crippen LogP contribution < -0.4 is 5.32 Å². The topological polar surface area (TPSA) is 32.3 Å². The molecule has 1 amide bonds. The van der Waals surface area contributed by atoms with Crippen molar-refractivity contribution in [2.24, 2.45) is 0 Å². The molecule has 0 saturated heterocycles. The molecule has 106 valence electrons. The molecular weight excluding hydrogens is 256 g/mol. The smallest absolute Gasteiger partial charge is 0.263 e. The van der Waals surface area contributed by atoms with Crippen LogP contribution in [0.1, 0.15) is 45.8 Å². The van der Waals surface area contributed by atoms with E-state index >= 15 is 0 Å². The lowest BCUT2D eigenvalue weighted by molar-refractivity contribution is 0.0801. The number of likely N-dealkylation sites (N-methyl/N-ethyl adjacent to an activating group) is 2. The average Bonchev–Trinajstić information content (AvgIpc) is 2.77. The summed E-state index contributed by atoms with van der Waals surface area (Å²) in [5.74, 6) is 0.173. The standard InChI is InChI=1S/C15H24N2OS/c1-16-9-10-17(2)15(18)14-11-12-7-5-3-4-6-8-13(12)19-14/h11,16H,3-10H2,1-2H3. The molecule has 1 N–H and O–H groups in total. The fourth-order valence-electron chi connectivity index (χ4n) is 2.52. The van der Waals surface area contributed by atoms with Crippen molar-refractivity contribution in [3.8, 4) is 0 Å². The van der Waals surface area contributed by atoms with E-state index in [-0.39, 0.29) is 5.91 Å². The lowest BCUT2D eigenvalue weighted by Crippen LogP contribution is -2.32. The van der Waals surface area contributed by atoms with E-state index in [0.29, 0.717) is 0 Å². The lowest BCUT2D eigenvalue weighted by Gasteiger charge is -2.15. The first-order valence-corrected chi connectivity index (χ1v) is 8.05. The second-order valence-electron chi connectivity index (χ2n) is 5.30. The van der Waals surface area contributed by atoms with Gasteiger partial charge >= 0.3 is 0 Å². The number of nitrogens with one attached hydrogen (secondary N) is 1. The second-order valence-corrected chi connectivity index (χ2v) is 6.44. The summed E-state index contributed by atoms with van der Waals surface area (Å²) in [5, 5.41) is 3.08. The molecule has 0 fully saturated rings. The van der Waals surface area contributed by atoms with Gasteiger partial charge in [-0.2, -0.15) is 0 Å². The maximum atomic E-state index is 12.3. The predicted octanol–water partition coefficient (Wildman–Crippen LogP) is 2.70. The Kier molecular flexibility index (Phi) is 5.40. The molecule has 2 rings (SSSR count). The summed E-state index contributed by atoms with van der Waals surface area (Å²) in [6.45, 7) is 1.60. The molecular formula is C15H24N2OS.